The van der Waals surface area contributed by atoms with E-state index in [0.29, 0.717) is 17.0 Å². The minimum atomic E-state index is -1.13. The first kappa shape index (κ1) is 29.4. The molecule has 0 heterocycles. The molecule has 0 radical (unpaired) electrons. The lowest BCUT2D eigenvalue weighted by Gasteiger charge is -2.32. The van der Waals surface area contributed by atoms with Crippen LogP contribution in [0.2, 0.25) is 5.02 Å². The number of halogens is 1. The van der Waals surface area contributed by atoms with Crippen molar-refractivity contribution >= 4 is 23.5 Å². The van der Waals surface area contributed by atoms with E-state index in [4.69, 9.17) is 21.1 Å². The van der Waals surface area contributed by atoms with E-state index in [1.807, 2.05) is 32.1 Å². The van der Waals surface area contributed by atoms with Gasteiger partial charge in [0.05, 0.1) is 0 Å². The van der Waals surface area contributed by atoms with Crippen LogP contribution >= 0.6 is 11.6 Å². The fourth-order valence-electron chi connectivity index (χ4n) is 4.17. The van der Waals surface area contributed by atoms with Gasteiger partial charge in [0.25, 0.3) is 6.29 Å². The highest BCUT2D eigenvalue weighted by Gasteiger charge is 2.26. The largest absolute Gasteiger partial charge is 0.421 e. The number of ether oxygens (including phenoxy) is 2. The first-order chi connectivity index (χ1) is 17.0. The first-order valence-corrected chi connectivity index (χ1v) is 13.0. The zero-order chi connectivity index (χ0) is 26.7. The third kappa shape index (κ3) is 9.66. The van der Waals surface area contributed by atoms with Crippen LogP contribution in [0.3, 0.4) is 0 Å². The van der Waals surface area contributed by atoms with Crippen LogP contribution in [0, 0.1) is 5.41 Å². The number of hydrogen-bond acceptors (Lipinski definition) is 4. The van der Waals surface area contributed by atoms with Gasteiger partial charge in [0, 0.05) is 23.1 Å². The van der Waals surface area contributed by atoms with Gasteiger partial charge in [-0.3, -0.25) is 4.79 Å². The lowest BCUT2D eigenvalue weighted by atomic mass is 9.72. The zero-order valence-electron chi connectivity index (χ0n) is 22.4. The molecule has 36 heavy (non-hydrogen) atoms. The Balaban J connectivity index is 2.04. The van der Waals surface area contributed by atoms with Crippen molar-refractivity contribution in [3.8, 4) is 0 Å². The summed E-state index contributed by atoms with van der Waals surface area (Å²) >= 11 is 5.95. The number of esters is 2. The second kappa shape index (κ2) is 14.0. The molecule has 4 nitrogen and oxygen atoms in total. The Morgan fingerprint density at radius 2 is 1.78 bits per heavy atom. The van der Waals surface area contributed by atoms with Gasteiger partial charge in [-0.25, -0.2) is 4.79 Å². The van der Waals surface area contributed by atoms with E-state index in [1.165, 1.54) is 36.5 Å². The van der Waals surface area contributed by atoms with Gasteiger partial charge in [-0.1, -0.05) is 86.0 Å². The van der Waals surface area contributed by atoms with Crippen LogP contribution in [-0.2, 0) is 19.1 Å². The molecular weight excluding hydrogens is 472 g/mol. The number of carbonyl (C=O) groups excluding carboxylic acids is 2. The lowest BCUT2D eigenvalue weighted by Crippen LogP contribution is -2.19. The number of rotatable bonds is 10. The summed E-state index contributed by atoms with van der Waals surface area (Å²) in [6.45, 7) is 12.6. The molecule has 0 fully saturated rings. The highest BCUT2D eigenvalue weighted by Crippen LogP contribution is 2.40. The summed E-state index contributed by atoms with van der Waals surface area (Å²) in [7, 11) is 0. The summed E-state index contributed by atoms with van der Waals surface area (Å²) in [4.78, 5) is 24.6. The third-order valence-electron chi connectivity index (χ3n) is 6.18. The summed E-state index contributed by atoms with van der Waals surface area (Å²) in [6.07, 6.45) is 14.9. The van der Waals surface area contributed by atoms with Gasteiger partial charge in [-0.2, -0.15) is 0 Å². The van der Waals surface area contributed by atoms with E-state index < -0.39 is 18.2 Å². The standard InChI is InChI=1S/C31H39ClO4/c1-7-10-28(33)35-30(25-15-17-26(32)18-16-25)36-29(34)21-23(3)12-8-11-22(2)14-19-27-24(4)13-9-20-31(27,5)6/h8,11-12,14-19,21,30H,7,9-10,13,20H2,1-6H3/b12-8?,19-14?,22-11?,23-21+. The Bertz CT molecular complexity index is 1070. The molecule has 0 aliphatic heterocycles. The average molecular weight is 511 g/mol. The maximum atomic E-state index is 12.5. The van der Waals surface area contributed by atoms with Gasteiger partial charge in [-0.05, 0) is 75.1 Å². The van der Waals surface area contributed by atoms with Crippen LogP contribution < -0.4 is 0 Å². The van der Waals surface area contributed by atoms with Crippen molar-refractivity contribution in [1.82, 2.24) is 0 Å². The molecule has 1 atom stereocenters. The normalized spacial score (nSPS) is 17.5. The minimum absolute atomic E-state index is 0.212. The number of hydrogen-bond donors (Lipinski definition) is 0. The quantitative estimate of drug-likeness (QED) is 0.136. The summed E-state index contributed by atoms with van der Waals surface area (Å²) in [5.74, 6) is -1.02. The van der Waals surface area contributed by atoms with Crippen molar-refractivity contribution in [3.63, 3.8) is 0 Å². The molecular formula is C31H39ClO4. The smallest absolute Gasteiger partial charge is 0.334 e. The van der Waals surface area contributed by atoms with Crippen molar-refractivity contribution in [2.45, 2.75) is 79.9 Å². The van der Waals surface area contributed by atoms with E-state index in [9.17, 15) is 9.59 Å². The van der Waals surface area contributed by atoms with Crippen LogP contribution in [0.4, 0.5) is 0 Å². The third-order valence-corrected chi connectivity index (χ3v) is 6.43. The van der Waals surface area contributed by atoms with E-state index in [1.54, 1.807) is 24.3 Å². The second-order valence-electron chi connectivity index (χ2n) is 9.98. The molecule has 0 aromatic heterocycles. The van der Waals surface area contributed by atoms with Crippen LogP contribution in [0.15, 0.2) is 83.0 Å². The molecule has 1 unspecified atom stereocenters. The summed E-state index contributed by atoms with van der Waals surface area (Å²) in [5, 5.41) is 0.539. The number of allylic oxidation sites excluding steroid dienone is 9. The Labute approximate surface area is 221 Å². The Kier molecular flexibility index (Phi) is 11.5. The monoisotopic (exact) mass is 510 g/mol. The van der Waals surface area contributed by atoms with Crippen LogP contribution in [0.25, 0.3) is 0 Å². The molecule has 2 rings (SSSR count). The topological polar surface area (TPSA) is 52.6 Å². The highest BCUT2D eigenvalue weighted by atomic mass is 35.5. The van der Waals surface area contributed by atoms with Gasteiger partial charge in [0.1, 0.15) is 0 Å². The molecule has 194 valence electrons. The molecule has 1 aliphatic rings. The van der Waals surface area contributed by atoms with Gasteiger partial charge < -0.3 is 9.47 Å². The fraction of sp³-hybridized carbons (Fsp3) is 0.419. The summed E-state index contributed by atoms with van der Waals surface area (Å²) < 4.78 is 10.8. The summed E-state index contributed by atoms with van der Waals surface area (Å²) in [5.41, 5.74) is 5.49. The maximum absolute atomic E-state index is 12.5. The SMILES string of the molecule is CCCC(=O)OC(OC(=O)/C=C(\C)C=CC=C(C)C=CC1=C(C)CCCC1(C)C)c1ccc(Cl)cc1. The molecule has 5 heteroatoms. The molecule has 0 bridgehead atoms. The Morgan fingerprint density at radius 3 is 2.42 bits per heavy atom. The van der Waals surface area contributed by atoms with E-state index >= 15 is 0 Å². The van der Waals surface area contributed by atoms with Crippen molar-refractivity contribution in [1.29, 1.82) is 0 Å². The fourth-order valence-corrected chi connectivity index (χ4v) is 4.29. The molecule has 1 aromatic carbocycles. The van der Waals surface area contributed by atoms with E-state index in [-0.39, 0.29) is 11.8 Å². The van der Waals surface area contributed by atoms with Gasteiger partial charge in [-0.15, -0.1) is 0 Å². The Hall–Kier alpha value is -2.85. The summed E-state index contributed by atoms with van der Waals surface area (Å²) in [6, 6.07) is 6.66. The molecule has 0 spiro atoms. The molecule has 1 aliphatic carbocycles. The first-order valence-electron chi connectivity index (χ1n) is 12.6. The Morgan fingerprint density at radius 1 is 1.08 bits per heavy atom. The average Bonchev–Trinajstić information content (AvgIpc) is 2.78. The van der Waals surface area contributed by atoms with Crippen LogP contribution in [-0.4, -0.2) is 11.9 Å². The molecule has 1 aromatic rings. The second-order valence-corrected chi connectivity index (χ2v) is 10.4. The van der Waals surface area contributed by atoms with Crippen molar-refractivity contribution in [2.75, 3.05) is 0 Å². The van der Waals surface area contributed by atoms with Gasteiger partial charge >= 0.3 is 11.9 Å². The molecule has 0 N–H and O–H groups in total. The van der Waals surface area contributed by atoms with Crippen molar-refractivity contribution in [2.24, 2.45) is 5.41 Å². The zero-order valence-corrected chi connectivity index (χ0v) is 23.2. The maximum Gasteiger partial charge on any atom is 0.334 e. The van der Waals surface area contributed by atoms with Crippen molar-refractivity contribution < 1.29 is 19.1 Å². The van der Waals surface area contributed by atoms with E-state index in [0.717, 1.165) is 11.1 Å². The molecule has 0 amide bonds. The number of carbonyl (C=O) groups is 2. The van der Waals surface area contributed by atoms with Gasteiger partial charge in [0.15, 0.2) is 0 Å². The molecule has 0 saturated carbocycles. The van der Waals surface area contributed by atoms with Crippen LogP contribution in [0.5, 0.6) is 0 Å². The van der Waals surface area contributed by atoms with E-state index in [2.05, 4.69) is 39.8 Å². The molecule has 0 saturated heterocycles. The van der Waals surface area contributed by atoms with Gasteiger partial charge in [0.2, 0.25) is 0 Å². The predicted octanol–water partition coefficient (Wildman–Crippen LogP) is 8.76. The highest BCUT2D eigenvalue weighted by molar-refractivity contribution is 6.30. The minimum Gasteiger partial charge on any atom is -0.421 e. The van der Waals surface area contributed by atoms with Crippen molar-refractivity contribution in [3.05, 3.63) is 93.6 Å². The lowest BCUT2D eigenvalue weighted by molar-refractivity contribution is -0.186. The van der Waals surface area contributed by atoms with Crippen LogP contribution in [0.1, 0.15) is 85.5 Å². The predicted molar refractivity (Wildman–Crippen MR) is 147 cm³/mol. The number of benzene rings is 1.